The summed E-state index contributed by atoms with van der Waals surface area (Å²) >= 11 is 1.58. The maximum absolute atomic E-state index is 12.9. The van der Waals surface area contributed by atoms with Crippen molar-refractivity contribution in [3.63, 3.8) is 0 Å². The number of nitrogens with zero attached hydrogens (tertiary/aromatic N) is 2. The zero-order valence-corrected chi connectivity index (χ0v) is 23.0. The highest BCUT2D eigenvalue weighted by Crippen LogP contribution is 2.26. The molecule has 0 aliphatic heterocycles. The predicted octanol–water partition coefficient (Wildman–Crippen LogP) is 5.92. The molecule has 1 aromatic carbocycles. The van der Waals surface area contributed by atoms with Crippen molar-refractivity contribution in [2.75, 3.05) is 17.2 Å². The Morgan fingerprint density at radius 2 is 1.81 bits per heavy atom. The molecule has 0 saturated heterocycles. The Kier molecular flexibility index (Phi) is 11.4. The number of rotatable bonds is 10. The number of carbonyl (C=O) groups excluding carboxylic acids is 2. The van der Waals surface area contributed by atoms with Crippen LogP contribution < -0.4 is 21.3 Å². The predicted molar refractivity (Wildman–Crippen MR) is 148 cm³/mol. The molecule has 36 heavy (non-hydrogen) atoms. The van der Waals surface area contributed by atoms with Crippen LogP contribution in [0.3, 0.4) is 0 Å². The highest BCUT2D eigenvalue weighted by Gasteiger charge is 2.15. The van der Waals surface area contributed by atoms with Crippen LogP contribution in [-0.2, 0) is 4.74 Å². The fourth-order valence-electron chi connectivity index (χ4n) is 3.23. The topological polar surface area (TPSA) is 117 Å². The molecule has 0 saturated carbocycles. The minimum Gasteiger partial charge on any atom is -0.447 e. The van der Waals surface area contributed by atoms with Crippen LogP contribution >= 0.6 is 11.3 Å². The number of hydrogen-bond donors (Lipinski definition) is 4. The monoisotopic (exact) mass is 514 g/mol. The van der Waals surface area contributed by atoms with Gasteiger partial charge in [0.05, 0.1) is 33.1 Å². The standard InChI is InChI=1S/C24H32N6O3S.C2H6/c1-14(2)28-20-11-22(30-17-6-7-19-21(10-17)34-13-27-19)26-12-18(20)23(31)25-9-8-16(5)29-24(32)33-15(3)4;1-2/h6-7,10-16H,8-9H2,1-5H3,(H,25,31)(H,29,32)(H2,26,28,30);1-2H3/t16-;/m1./s1. The summed E-state index contributed by atoms with van der Waals surface area (Å²) in [6, 6.07) is 7.76. The van der Waals surface area contributed by atoms with E-state index >= 15 is 0 Å². The van der Waals surface area contributed by atoms with Crippen LogP contribution in [0.2, 0.25) is 0 Å². The molecule has 3 rings (SSSR count). The average Bonchev–Trinajstić information content (AvgIpc) is 3.27. The first kappa shape index (κ1) is 28.8. The smallest absolute Gasteiger partial charge is 0.407 e. The van der Waals surface area contributed by atoms with E-state index in [-0.39, 0.29) is 24.1 Å². The lowest BCUT2D eigenvalue weighted by molar-refractivity contribution is 0.0952. The molecule has 10 heteroatoms. The van der Waals surface area contributed by atoms with E-state index < -0.39 is 6.09 Å². The summed E-state index contributed by atoms with van der Waals surface area (Å²) in [6.07, 6.45) is 1.49. The Morgan fingerprint density at radius 1 is 1.06 bits per heavy atom. The first-order valence-corrected chi connectivity index (χ1v) is 13.2. The van der Waals surface area contributed by atoms with Gasteiger partial charge in [-0.25, -0.2) is 14.8 Å². The van der Waals surface area contributed by atoms with E-state index in [4.69, 9.17) is 4.74 Å². The fourth-order valence-corrected chi connectivity index (χ4v) is 3.95. The zero-order chi connectivity index (χ0) is 26.7. The molecule has 1 atom stereocenters. The lowest BCUT2D eigenvalue weighted by Crippen LogP contribution is -2.37. The molecule has 2 aromatic heterocycles. The lowest BCUT2D eigenvalue weighted by atomic mass is 10.1. The van der Waals surface area contributed by atoms with Crippen molar-refractivity contribution >= 4 is 50.7 Å². The molecule has 3 aromatic rings. The highest BCUT2D eigenvalue weighted by molar-refractivity contribution is 7.16. The van der Waals surface area contributed by atoms with E-state index in [1.54, 1.807) is 31.4 Å². The van der Waals surface area contributed by atoms with Crippen molar-refractivity contribution in [1.82, 2.24) is 20.6 Å². The van der Waals surface area contributed by atoms with E-state index in [0.717, 1.165) is 15.9 Å². The SMILES string of the molecule is CC.CC(C)Nc1cc(Nc2ccc3ncsc3c2)ncc1C(=O)NCC[C@@H](C)NC(=O)OC(C)C. The maximum Gasteiger partial charge on any atom is 0.407 e. The number of thiazole rings is 1. The molecule has 2 amide bonds. The number of benzene rings is 1. The second kappa shape index (κ2) is 14.2. The number of alkyl carbamates (subject to hydrolysis) is 1. The van der Waals surface area contributed by atoms with Gasteiger partial charge in [-0.2, -0.15) is 0 Å². The van der Waals surface area contributed by atoms with Gasteiger partial charge in [0.15, 0.2) is 0 Å². The molecule has 0 spiro atoms. The summed E-state index contributed by atoms with van der Waals surface area (Å²) < 4.78 is 6.16. The average molecular weight is 515 g/mol. The summed E-state index contributed by atoms with van der Waals surface area (Å²) in [5.74, 6) is 0.398. The summed E-state index contributed by atoms with van der Waals surface area (Å²) in [7, 11) is 0. The molecule has 0 radical (unpaired) electrons. The number of nitrogens with one attached hydrogen (secondary N) is 4. The minimum atomic E-state index is -0.459. The second-order valence-corrected chi connectivity index (χ2v) is 9.50. The quantitative estimate of drug-likeness (QED) is 0.265. The van der Waals surface area contributed by atoms with Gasteiger partial charge in [0.25, 0.3) is 5.91 Å². The Labute approximate surface area is 217 Å². The van der Waals surface area contributed by atoms with E-state index in [1.165, 1.54) is 0 Å². The molecule has 0 aliphatic rings. The van der Waals surface area contributed by atoms with Crippen LogP contribution in [0.5, 0.6) is 0 Å². The lowest BCUT2D eigenvalue weighted by Gasteiger charge is -2.18. The van der Waals surface area contributed by atoms with Crippen molar-refractivity contribution in [3.05, 3.63) is 41.5 Å². The van der Waals surface area contributed by atoms with Gasteiger partial charge in [0.1, 0.15) is 5.82 Å². The number of amides is 2. The van der Waals surface area contributed by atoms with E-state index in [2.05, 4.69) is 31.2 Å². The first-order chi connectivity index (χ1) is 17.2. The second-order valence-electron chi connectivity index (χ2n) is 8.62. The molecule has 9 nitrogen and oxygen atoms in total. The number of aromatic nitrogens is 2. The van der Waals surface area contributed by atoms with Gasteiger partial charge >= 0.3 is 6.09 Å². The van der Waals surface area contributed by atoms with Gasteiger partial charge < -0.3 is 26.0 Å². The van der Waals surface area contributed by atoms with Crippen LogP contribution in [0.15, 0.2) is 36.0 Å². The number of fused-ring (bicyclic) bond motifs is 1. The largest absolute Gasteiger partial charge is 0.447 e. The molecule has 0 aliphatic carbocycles. The molecular weight excluding hydrogens is 476 g/mol. The number of ether oxygens (including phenoxy) is 1. The van der Waals surface area contributed by atoms with Crippen LogP contribution in [0.4, 0.5) is 22.0 Å². The van der Waals surface area contributed by atoms with Gasteiger partial charge in [-0.1, -0.05) is 13.8 Å². The number of pyridine rings is 1. The number of anilines is 3. The van der Waals surface area contributed by atoms with Crippen LogP contribution in [0, 0.1) is 0 Å². The highest BCUT2D eigenvalue weighted by atomic mass is 32.1. The zero-order valence-electron chi connectivity index (χ0n) is 22.1. The molecular formula is C26H38N6O3S. The summed E-state index contributed by atoms with van der Waals surface area (Å²) in [5.41, 5.74) is 4.82. The molecule has 0 bridgehead atoms. The van der Waals surface area contributed by atoms with Crippen LogP contribution in [-0.4, -0.2) is 46.7 Å². The van der Waals surface area contributed by atoms with Crippen molar-refractivity contribution in [3.8, 4) is 0 Å². The Balaban J connectivity index is 0.00000222. The van der Waals surface area contributed by atoms with E-state index in [0.29, 0.717) is 30.0 Å². The van der Waals surface area contributed by atoms with Crippen molar-refractivity contribution in [2.24, 2.45) is 0 Å². The normalized spacial score (nSPS) is 11.5. The van der Waals surface area contributed by atoms with Crippen molar-refractivity contribution < 1.29 is 14.3 Å². The fraction of sp³-hybridized carbons (Fsp3) is 0.462. The number of hydrogen-bond acceptors (Lipinski definition) is 8. The minimum absolute atomic E-state index is 0.131. The summed E-state index contributed by atoms with van der Waals surface area (Å²) in [5, 5.41) is 12.3. The van der Waals surface area contributed by atoms with Gasteiger partial charge in [0, 0.05) is 36.6 Å². The van der Waals surface area contributed by atoms with Crippen molar-refractivity contribution in [2.45, 2.75) is 73.1 Å². The summed E-state index contributed by atoms with van der Waals surface area (Å²) in [6.45, 7) is 13.9. The maximum atomic E-state index is 12.9. The Hall–Kier alpha value is -3.40. The summed E-state index contributed by atoms with van der Waals surface area (Å²) in [4.78, 5) is 33.3. The molecule has 2 heterocycles. The van der Waals surface area contributed by atoms with Gasteiger partial charge in [0.2, 0.25) is 0 Å². The Bertz CT molecular complexity index is 1130. The molecule has 0 fully saturated rings. The van der Waals surface area contributed by atoms with Gasteiger partial charge in [-0.05, 0) is 59.2 Å². The molecule has 4 N–H and O–H groups in total. The number of carbonyl (C=O) groups is 2. The van der Waals surface area contributed by atoms with Gasteiger partial charge in [-0.15, -0.1) is 11.3 Å². The third-order valence-electron chi connectivity index (χ3n) is 4.77. The third-order valence-corrected chi connectivity index (χ3v) is 5.56. The van der Waals surface area contributed by atoms with Crippen LogP contribution in [0.1, 0.15) is 65.2 Å². The third kappa shape index (κ3) is 8.99. The molecule has 0 unspecified atom stereocenters. The first-order valence-electron chi connectivity index (χ1n) is 12.3. The van der Waals surface area contributed by atoms with Gasteiger partial charge in [-0.3, -0.25) is 4.79 Å². The van der Waals surface area contributed by atoms with E-state index in [1.807, 2.05) is 64.4 Å². The van der Waals surface area contributed by atoms with Crippen molar-refractivity contribution in [1.29, 1.82) is 0 Å². The Morgan fingerprint density at radius 3 is 2.50 bits per heavy atom. The van der Waals surface area contributed by atoms with Crippen LogP contribution in [0.25, 0.3) is 10.2 Å². The van der Waals surface area contributed by atoms with E-state index in [9.17, 15) is 9.59 Å². The molecule has 196 valence electrons.